The molecule has 2 aromatic heterocycles. The second-order valence-corrected chi connectivity index (χ2v) is 8.98. The van der Waals surface area contributed by atoms with Gasteiger partial charge >= 0.3 is 11.9 Å². The summed E-state index contributed by atoms with van der Waals surface area (Å²) in [6, 6.07) is 6.74. The van der Waals surface area contributed by atoms with Crippen LogP contribution in [0.3, 0.4) is 0 Å². The van der Waals surface area contributed by atoms with Gasteiger partial charge in [-0.1, -0.05) is 0 Å². The smallest absolute Gasteiger partial charge is 0.303 e. The first-order chi connectivity index (χ1) is 16.3. The Morgan fingerprint density at radius 1 is 1.09 bits per heavy atom. The van der Waals surface area contributed by atoms with E-state index in [4.69, 9.17) is 24.7 Å². The van der Waals surface area contributed by atoms with E-state index < -0.39 is 47.3 Å². The van der Waals surface area contributed by atoms with E-state index in [9.17, 15) is 13.8 Å². The molecule has 12 nitrogen and oxygen atoms in total. The predicted octanol–water partition coefficient (Wildman–Crippen LogP) is 0.986. The van der Waals surface area contributed by atoms with E-state index in [1.54, 1.807) is 24.3 Å². The van der Waals surface area contributed by atoms with Crippen LogP contribution < -0.4 is 10.5 Å². The average Bonchev–Trinajstić information content (AvgIpc) is 3.36. The number of methoxy groups -OCH3 is 1. The first-order valence-electron chi connectivity index (χ1n) is 10.2. The first-order valence-corrected chi connectivity index (χ1v) is 11.6. The number of hydrogen-bond donors (Lipinski definition) is 1. The van der Waals surface area contributed by atoms with Crippen LogP contribution in [-0.4, -0.2) is 66.8 Å². The van der Waals surface area contributed by atoms with Gasteiger partial charge in [-0.3, -0.25) is 18.4 Å². The zero-order chi connectivity index (χ0) is 24.4. The zero-order valence-electron chi connectivity index (χ0n) is 18.6. The molecule has 0 saturated carbocycles. The van der Waals surface area contributed by atoms with Crippen molar-refractivity contribution in [2.45, 2.75) is 43.3 Å². The molecule has 2 N–H and O–H groups in total. The lowest BCUT2D eigenvalue weighted by molar-refractivity contribution is -0.165. The maximum atomic E-state index is 13.1. The van der Waals surface area contributed by atoms with Crippen molar-refractivity contribution in [1.29, 1.82) is 0 Å². The topological polar surface area (TPSA) is 158 Å². The first kappa shape index (κ1) is 23.6. The zero-order valence-corrected chi connectivity index (χ0v) is 19.4. The number of imidazole rings is 1. The largest absolute Gasteiger partial charge is 0.497 e. The van der Waals surface area contributed by atoms with Gasteiger partial charge in [0.1, 0.15) is 23.7 Å². The summed E-state index contributed by atoms with van der Waals surface area (Å²) in [7, 11) is 0.0154. The van der Waals surface area contributed by atoms with Crippen molar-refractivity contribution >= 4 is 39.7 Å². The lowest BCUT2D eigenvalue weighted by atomic mass is 10.1. The van der Waals surface area contributed by atoms with E-state index in [0.29, 0.717) is 21.8 Å². The van der Waals surface area contributed by atoms with Gasteiger partial charge in [0, 0.05) is 18.7 Å². The number of benzene rings is 1. The third-order valence-corrected chi connectivity index (χ3v) is 6.62. The third-order valence-electron chi connectivity index (χ3n) is 5.19. The lowest BCUT2D eigenvalue weighted by Crippen LogP contribution is -2.40. The Kier molecular flexibility index (Phi) is 6.75. The number of hydrogen-bond acceptors (Lipinski definition) is 11. The van der Waals surface area contributed by atoms with Crippen molar-refractivity contribution in [1.82, 2.24) is 19.5 Å². The van der Waals surface area contributed by atoms with Gasteiger partial charge in [-0.15, -0.1) is 0 Å². The quantitative estimate of drug-likeness (QED) is 0.472. The standard InChI is InChI=1S/C21H23N5O7S/c1-11(27)31-17-15(8-34(29)14-6-4-13(30-3)5-7-14)33-21(18(17)32-12(2)28)26-10-25-16-19(22)23-9-24-20(16)26/h4-7,9-10,15,17-18,21H,8H2,1-3H3,(H2,22,23,24)/t15-,17-,18-,21-,34?/m1/s1. The minimum Gasteiger partial charge on any atom is -0.497 e. The Balaban J connectivity index is 1.68. The van der Waals surface area contributed by atoms with Gasteiger partial charge < -0.3 is 24.7 Å². The fourth-order valence-electron chi connectivity index (χ4n) is 3.75. The van der Waals surface area contributed by atoms with Gasteiger partial charge in [-0.05, 0) is 24.3 Å². The molecule has 1 saturated heterocycles. The summed E-state index contributed by atoms with van der Waals surface area (Å²) < 4.78 is 36.9. The van der Waals surface area contributed by atoms with E-state index in [2.05, 4.69) is 15.0 Å². The summed E-state index contributed by atoms with van der Waals surface area (Å²) in [5, 5.41) is 0. The van der Waals surface area contributed by atoms with E-state index >= 15 is 0 Å². The summed E-state index contributed by atoms with van der Waals surface area (Å²) in [6.07, 6.45) is -1.21. The number of anilines is 1. The van der Waals surface area contributed by atoms with Crippen molar-refractivity contribution in [3.8, 4) is 5.75 Å². The molecule has 34 heavy (non-hydrogen) atoms. The van der Waals surface area contributed by atoms with Gasteiger partial charge in [0.2, 0.25) is 0 Å². The number of ether oxygens (including phenoxy) is 4. The minimum atomic E-state index is -1.52. The number of carbonyl (C=O) groups excluding carboxylic acids is 2. The van der Waals surface area contributed by atoms with Crippen molar-refractivity contribution in [2.24, 2.45) is 0 Å². The van der Waals surface area contributed by atoms with Crippen molar-refractivity contribution in [3.63, 3.8) is 0 Å². The van der Waals surface area contributed by atoms with Crippen molar-refractivity contribution < 1.29 is 32.7 Å². The Hall–Kier alpha value is -3.58. The maximum Gasteiger partial charge on any atom is 0.303 e. The van der Waals surface area contributed by atoms with Crippen LogP contribution in [-0.2, 0) is 34.6 Å². The van der Waals surface area contributed by atoms with Gasteiger partial charge in [-0.2, -0.15) is 0 Å². The monoisotopic (exact) mass is 489 g/mol. The van der Waals surface area contributed by atoms with Crippen LogP contribution in [0.5, 0.6) is 5.75 Å². The molecule has 180 valence electrons. The molecular formula is C21H23N5O7S. The molecular weight excluding hydrogens is 466 g/mol. The molecule has 1 fully saturated rings. The highest BCUT2D eigenvalue weighted by Crippen LogP contribution is 2.36. The Morgan fingerprint density at radius 2 is 1.76 bits per heavy atom. The molecule has 1 unspecified atom stereocenters. The van der Waals surface area contributed by atoms with Gasteiger partial charge in [-0.25, -0.2) is 15.0 Å². The van der Waals surface area contributed by atoms with Gasteiger partial charge in [0.05, 0.1) is 30.0 Å². The van der Waals surface area contributed by atoms with Crippen LogP contribution in [0.1, 0.15) is 20.1 Å². The molecule has 5 atom stereocenters. The van der Waals surface area contributed by atoms with Crippen molar-refractivity contribution in [2.75, 3.05) is 18.6 Å². The molecule has 1 aliphatic heterocycles. The molecule has 0 spiro atoms. The number of aromatic nitrogens is 4. The van der Waals surface area contributed by atoms with Gasteiger partial charge in [0.15, 0.2) is 29.9 Å². The van der Waals surface area contributed by atoms with Crippen LogP contribution >= 0.6 is 0 Å². The molecule has 3 aromatic rings. The SMILES string of the molecule is COc1ccc(S(=O)C[C@H]2O[C@@H](n3cnc4c(N)ncnc43)[C@H](OC(C)=O)[C@@H]2OC(C)=O)cc1. The minimum absolute atomic E-state index is 0.0255. The Morgan fingerprint density at radius 3 is 2.41 bits per heavy atom. The van der Waals surface area contributed by atoms with Crippen LogP contribution in [0.15, 0.2) is 41.8 Å². The lowest BCUT2D eigenvalue weighted by Gasteiger charge is -2.23. The highest BCUT2D eigenvalue weighted by molar-refractivity contribution is 7.85. The number of nitrogens with zero attached hydrogens (tertiary/aromatic N) is 4. The van der Waals surface area contributed by atoms with Crippen molar-refractivity contribution in [3.05, 3.63) is 36.9 Å². The van der Waals surface area contributed by atoms with E-state index in [1.165, 1.54) is 38.2 Å². The Bertz CT molecular complexity index is 1230. The normalized spacial score (nSPS) is 22.9. The number of carbonyl (C=O) groups is 2. The van der Waals surface area contributed by atoms with Gasteiger partial charge in [0.25, 0.3) is 0 Å². The average molecular weight is 490 g/mol. The molecule has 0 radical (unpaired) electrons. The molecule has 1 aliphatic rings. The van der Waals surface area contributed by atoms with Crippen LogP contribution in [0.4, 0.5) is 5.82 Å². The molecule has 3 heterocycles. The number of esters is 2. The fraction of sp³-hybridized carbons (Fsp3) is 0.381. The second kappa shape index (κ2) is 9.73. The summed E-state index contributed by atoms with van der Waals surface area (Å²) in [4.78, 5) is 36.7. The fourth-order valence-corrected chi connectivity index (χ4v) is 4.95. The third kappa shape index (κ3) is 4.70. The van der Waals surface area contributed by atoms with E-state index in [0.717, 1.165) is 0 Å². The highest BCUT2D eigenvalue weighted by atomic mass is 32.2. The van der Waals surface area contributed by atoms with Crippen LogP contribution in [0.25, 0.3) is 11.2 Å². The van der Waals surface area contributed by atoms with E-state index in [1.807, 2.05) is 0 Å². The maximum absolute atomic E-state index is 13.1. The Labute approximate surface area is 196 Å². The number of nitrogen functional groups attached to an aromatic ring is 1. The van der Waals surface area contributed by atoms with Crippen LogP contribution in [0, 0.1) is 0 Å². The number of nitrogens with two attached hydrogens (primary N) is 1. The van der Waals surface area contributed by atoms with Crippen LogP contribution in [0.2, 0.25) is 0 Å². The molecule has 1 aromatic carbocycles. The van der Waals surface area contributed by atoms with E-state index in [-0.39, 0.29) is 11.6 Å². The molecule has 0 amide bonds. The number of fused-ring (bicyclic) bond motifs is 1. The predicted molar refractivity (Wildman–Crippen MR) is 119 cm³/mol. The molecule has 0 aliphatic carbocycles. The molecule has 0 bridgehead atoms. The summed E-state index contributed by atoms with van der Waals surface area (Å²) in [5.41, 5.74) is 6.56. The molecule has 13 heteroatoms. The summed E-state index contributed by atoms with van der Waals surface area (Å²) in [6.45, 7) is 2.47. The molecule has 4 rings (SSSR count). The highest BCUT2D eigenvalue weighted by Gasteiger charge is 2.51. The summed E-state index contributed by atoms with van der Waals surface area (Å²) in [5.74, 6) is -0.444. The summed E-state index contributed by atoms with van der Waals surface area (Å²) >= 11 is 0. The second-order valence-electron chi connectivity index (χ2n) is 7.48. The number of rotatable bonds is 7.